The van der Waals surface area contributed by atoms with E-state index in [4.69, 9.17) is 0 Å². The average molecular weight is 108 g/mol. The highest BCUT2D eigenvalue weighted by molar-refractivity contribution is 5.23. The lowest BCUT2D eigenvalue weighted by atomic mass is 9.24. The third-order valence-electron chi connectivity index (χ3n) is 4.34. The van der Waals surface area contributed by atoms with E-state index in [9.17, 15) is 0 Å². The van der Waals surface area contributed by atoms with E-state index < -0.39 is 0 Å². The Balaban J connectivity index is 2.01. The first-order chi connectivity index (χ1) is 3.84. The molecule has 4 rings (SSSR count). The summed E-state index contributed by atoms with van der Waals surface area (Å²) in [7, 11) is 0. The van der Waals surface area contributed by atoms with Crippen molar-refractivity contribution in [2.45, 2.75) is 26.2 Å². The lowest BCUT2D eigenvalue weighted by molar-refractivity contribution is -0.318. The molecule has 1 spiro atoms. The minimum absolute atomic E-state index is 0.963. The van der Waals surface area contributed by atoms with Crippen molar-refractivity contribution in [2.24, 2.45) is 23.2 Å². The van der Waals surface area contributed by atoms with Gasteiger partial charge in [0.1, 0.15) is 0 Å². The van der Waals surface area contributed by atoms with Crippen LogP contribution in [0, 0.1) is 23.2 Å². The molecule has 0 radical (unpaired) electrons. The quantitative estimate of drug-likeness (QED) is 0.445. The Bertz CT molecular complexity index is 138. The summed E-state index contributed by atoms with van der Waals surface area (Å²) in [5.74, 6) is 3.57. The Labute approximate surface area is 50.3 Å². The molecule has 0 amide bonds. The molecule has 0 heterocycles. The fourth-order valence-corrected chi connectivity index (χ4v) is 3.42. The molecule has 4 atom stereocenters. The van der Waals surface area contributed by atoms with E-state index in [0.717, 1.165) is 11.3 Å². The van der Waals surface area contributed by atoms with Crippen LogP contribution in [0.4, 0.5) is 0 Å². The standard InChI is InChI=1S/C8H12/c1-5-6-4-8(5)3-2-7(6)8/h5-7H,2-4H2,1H3. The van der Waals surface area contributed by atoms with E-state index in [2.05, 4.69) is 6.92 Å². The molecule has 0 N–H and O–H groups in total. The molecule has 4 unspecified atom stereocenters. The SMILES string of the molecule is CC1C2CC13CCC23. The highest BCUT2D eigenvalue weighted by Crippen LogP contribution is 2.81. The molecule has 4 aliphatic carbocycles. The molecule has 0 aromatic carbocycles. The fourth-order valence-electron chi connectivity index (χ4n) is 3.42. The molecule has 0 aromatic rings. The van der Waals surface area contributed by atoms with E-state index in [1.165, 1.54) is 11.8 Å². The van der Waals surface area contributed by atoms with Gasteiger partial charge in [-0.1, -0.05) is 6.92 Å². The summed E-state index contributed by atoms with van der Waals surface area (Å²) in [5.41, 5.74) is 0.963. The molecule has 2 bridgehead atoms. The minimum Gasteiger partial charge on any atom is -0.0617 e. The predicted octanol–water partition coefficient (Wildman–Crippen LogP) is 2.05. The van der Waals surface area contributed by atoms with Crippen molar-refractivity contribution in [3.8, 4) is 0 Å². The van der Waals surface area contributed by atoms with Crippen LogP contribution in [0.25, 0.3) is 0 Å². The topological polar surface area (TPSA) is 0 Å². The van der Waals surface area contributed by atoms with Crippen LogP contribution in [-0.2, 0) is 0 Å². The Morgan fingerprint density at radius 2 is 2.38 bits per heavy atom. The molecule has 44 valence electrons. The van der Waals surface area contributed by atoms with Gasteiger partial charge in [-0.05, 0) is 42.4 Å². The molecular formula is C8H12. The predicted molar refractivity (Wildman–Crippen MR) is 32.4 cm³/mol. The van der Waals surface area contributed by atoms with Crippen LogP contribution in [0.3, 0.4) is 0 Å². The Morgan fingerprint density at radius 3 is 2.38 bits per heavy atom. The molecule has 4 saturated carbocycles. The monoisotopic (exact) mass is 108 g/mol. The van der Waals surface area contributed by atoms with Gasteiger partial charge >= 0.3 is 0 Å². The van der Waals surface area contributed by atoms with Gasteiger partial charge in [0, 0.05) is 0 Å². The van der Waals surface area contributed by atoms with Crippen LogP contribution >= 0.6 is 0 Å². The zero-order chi connectivity index (χ0) is 5.35. The van der Waals surface area contributed by atoms with Gasteiger partial charge in [0.15, 0.2) is 0 Å². The number of rotatable bonds is 0. The zero-order valence-electron chi connectivity index (χ0n) is 5.35. The average Bonchev–Trinajstić information content (AvgIpc) is 1.76. The molecule has 0 saturated heterocycles. The van der Waals surface area contributed by atoms with Gasteiger partial charge in [-0.15, -0.1) is 0 Å². The fraction of sp³-hybridized carbons (Fsp3) is 1.00. The summed E-state index contributed by atoms with van der Waals surface area (Å²) >= 11 is 0. The van der Waals surface area contributed by atoms with Crippen LogP contribution in [0.2, 0.25) is 0 Å². The molecular weight excluding hydrogens is 96.1 g/mol. The molecule has 0 aromatic heterocycles. The van der Waals surface area contributed by atoms with E-state index in [1.807, 2.05) is 0 Å². The maximum absolute atomic E-state index is 2.45. The third-order valence-corrected chi connectivity index (χ3v) is 4.34. The van der Waals surface area contributed by atoms with Crippen LogP contribution in [0.5, 0.6) is 0 Å². The summed E-state index contributed by atoms with van der Waals surface area (Å²) in [6, 6.07) is 0. The second kappa shape index (κ2) is 0.778. The van der Waals surface area contributed by atoms with Crippen LogP contribution in [0.15, 0.2) is 0 Å². The molecule has 0 aliphatic heterocycles. The minimum atomic E-state index is 0.963. The van der Waals surface area contributed by atoms with Crippen LogP contribution < -0.4 is 0 Å². The normalized spacial score (nSPS) is 73.9. The first-order valence-electron chi connectivity index (χ1n) is 3.84. The van der Waals surface area contributed by atoms with Crippen molar-refractivity contribution in [1.82, 2.24) is 0 Å². The summed E-state index contributed by atoms with van der Waals surface area (Å²) in [6.07, 6.45) is 4.77. The summed E-state index contributed by atoms with van der Waals surface area (Å²) in [5, 5.41) is 0. The lowest BCUT2D eigenvalue weighted by Gasteiger charge is -2.80. The van der Waals surface area contributed by atoms with Gasteiger partial charge in [-0.3, -0.25) is 0 Å². The highest BCUT2D eigenvalue weighted by atomic mass is 14.8. The molecule has 4 fully saturated rings. The Hall–Kier alpha value is 0. The maximum atomic E-state index is 2.45. The molecule has 8 heavy (non-hydrogen) atoms. The summed E-state index contributed by atoms with van der Waals surface area (Å²) in [6.45, 7) is 2.45. The number of hydrogen-bond acceptors (Lipinski definition) is 0. The molecule has 0 nitrogen and oxygen atoms in total. The van der Waals surface area contributed by atoms with Crippen molar-refractivity contribution >= 4 is 0 Å². The van der Waals surface area contributed by atoms with Gasteiger partial charge in [-0.25, -0.2) is 0 Å². The molecule has 4 aliphatic rings. The Kier molecular flexibility index (Phi) is 0.381. The summed E-state index contributed by atoms with van der Waals surface area (Å²) in [4.78, 5) is 0. The van der Waals surface area contributed by atoms with Crippen LogP contribution in [0.1, 0.15) is 26.2 Å². The van der Waals surface area contributed by atoms with Crippen molar-refractivity contribution in [3.05, 3.63) is 0 Å². The van der Waals surface area contributed by atoms with E-state index in [1.54, 1.807) is 19.3 Å². The van der Waals surface area contributed by atoms with E-state index >= 15 is 0 Å². The van der Waals surface area contributed by atoms with Crippen molar-refractivity contribution < 1.29 is 0 Å². The van der Waals surface area contributed by atoms with Gasteiger partial charge in [0.25, 0.3) is 0 Å². The van der Waals surface area contributed by atoms with Crippen molar-refractivity contribution in [1.29, 1.82) is 0 Å². The van der Waals surface area contributed by atoms with Crippen molar-refractivity contribution in [2.75, 3.05) is 0 Å². The van der Waals surface area contributed by atoms with Gasteiger partial charge in [0.05, 0.1) is 0 Å². The number of hydrogen-bond donors (Lipinski definition) is 0. The van der Waals surface area contributed by atoms with Gasteiger partial charge in [-0.2, -0.15) is 0 Å². The van der Waals surface area contributed by atoms with E-state index in [0.29, 0.717) is 0 Å². The van der Waals surface area contributed by atoms with Gasteiger partial charge in [0.2, 0.25) is 0 Å². The second-order valence-electron chi connectivity index (χ2n) is 4.03. The van der Waals surface area contributed by atoms with E-state index in [-0.39, 0.29) is 0 Å². The highest BCUT2D eigenvalue weighted by Gasteiger charge is 2.74. The second-order valence-corrected chi connectivity index (χ2v) is 4.03. The van der Waals surface area contributed by atoms with Crippen LogP contribution in [-0.4, -0.2) is 0 Å². The smallest absolute Gasteiger partial charge is 0.0235 e. The summed E-state index contributed by atoms with van der Waals surface area (Å²) < 4.78 is 0. The Morgan fingerprint density at radius 1 is 1.50 bits per heavy atom. The first kappa shape index (κ1) is 3.92. The largest absolute Gasteiger partial charge is 0.0617 e. The molecule has 0 heteroatoms. The maximum Gasteiger partial charge on any atom is -0.0235 e. The third kappa shape index (κ3) is 0.156. The first-order valence-corrected chi connectivity index (χ1v) is 3.84. The zero-order valence-corrected chi connectivity index (χ0v) is 5.35. The van der Waals surface area contributed by atoms with Crippen molar-refractivity contribution in [3.63, 3.8) is 0 Å². The van der Waals surface area contributed by atoms with Gasteiger partial charge < -0.3 is 0 Å². The lowest BCUT2D eigenvalue weighted by Crippen LogP contribution is -2.73.